The molecule has 3 aromatic rings. The van der Waals surface area contributed by atoms with Gasteiger partial charge in [0.15, 0.2) is 0 Å². The molecule has 0 heterocycles. The molecule has 3 heteroatoms. The number of phenols is 1. The van der Waals surface area contributed by atoms with Gasteiger partial charge in [0.25, 0.3) is 5.91 Å². The molecule has 0 unspecified atom stereocenters. The van der Waals surface area contributed by atoms with Gasteiger partial charge in [0, 0.05) is 6.54 Å². The topological polar surface area (TPSA) is 49.3 Å². The lowest BCUT2D eigenvalue weighted by Crippen LogP contribution is -2.25. The molecule has 0 aliphatic heterocycles. The third-order valence-electron chi connectivity index (χ3n) is 3.90. The van der Waals surface area contributed by atoms with Gasteiger partial charge in [-0.25, -0.2) is 0 Å². The van der Waals surface area contributed by atoms with Crippen LogP contribution in [0.25, 0.3) is 10.8 Å². The first-order valence-electron chi connectivity index (χ1n) is 7.78. The maximum atomic E-state index is 12.4. The summed E-state index contributed by atoms with van der Waals surface area (Å²) in [7, 11) is 0. The number of fused-ring (bicyclic) bond motifs is 1. The summed E-state index contributed by atoms with van der Waals surface area (Å²) in [6.45, 7) is 0.580. The molecule has 0 spiro atoms. The summed E-state index contributed by atoms with van der Waals surface area (Å²) in [6.07, 6.45) is 1.78. The molecule has 3 rings (SSSR count). The highest BCUT2D eigenvalue weighted by molar-refractivity contribution is 6.09. The Hall–Kier alpha value is -2.81. The van der Waals surface area contributed by atoms with Gasteiger partial charge in [0.1, 0.15) is 5.75 Å². The van der Waals surface area contributed by atoms with Crippen LogP contribution in [0.4, 0.5) is 0 Å². The predicted octanol–water partition coefficient (Wildman–Crippen LogP) is 3.91. The van der Waals surface area contributed by atoms with E-state index in [1.165, 1.54) is 5.56 Å². The molecule has 0 fully saturated rings. The van der Waals surface area contributed by atoms with Crippen LogP contribution in [0.2, 0.25) is 0 Å². The molecule has 0 aliphatic rings. The monoisotopic (exact) mass is 305 g/mol. The lowest BCUT2D eigenvalue weighted by atomic mass is 10.0. The number of carbonyl (C=O) groups is 1. The first kappa shape index (κ1) is 15.1. The van der Waals surface area contributed by atoms with Crippen molar-refractivity contribution >= 4 is 16.7 Å². The minimum Gasteiger partial charge on any atom is -0.507 e. The van der Waals surface area contributed by atoms with Crippen LogP contribution in [0.15, 0.2) is 66.7 Å². The Balaban J connectivity index is 1.66. The van der Waals surface area contributed by atoms with Gasteiger partial charge in [-0.3, -0.25) is 4.79 Å². The van der Waals surface area contributed by atoms with Crippen LogP contribution in [-0.2, 0) is 6.42 Å². The highest BCUT2D eigenvalue weighted by Crippen LogP contribution is 2.26. The van der Waals surface area contributed by atoms with Crippen LogP contribution in [0.5, 0.6) is 5.75 Å². The van der Waals surface area contributed by atoms with E-state index >= 15 is 0 Å². The molecular weight excluding hydrogens is 286 g/mol. The first-order valence-corrected chi connectivity index (χ1v) is 7.78. The van der Waals surface area contributed by atoms with Crippen LogP contribution in [-0.4, -0.2) is 17.6 Å². The Labute approximate surface area is 135 Å². The predicted molar refractivity (Wildman–Crippen MR) is 92.7 cm³/mol. The van der Waals surface area contributed by atoms with Crippen LogP contribution >= 0.6 is 0 Å². The molecule has 3 aromatic carbocycles. The SMILES string of the molecule is O=C(NCCCc1ccccc1)c1c(O)ccc2ccccc12. The molecule has 0 saturated carbocycles. The van der Waals surface area contributed by atoms with E-state index in [0.29, 0.717) is 12.1 Å². The van der Waals surface area contributed by atoms with Crippen molar-refractivity contribution in [3.8, 4) is 5.75 Å². The Bertz CT molecular complexity index is 812. The smallest absolute Gasteiger partial charge is 0.255 e. The summed E-state index contributed by atoms with van der Waals surface area (Å²) in [4.78, 5) is 12.4. The fourth-order valence-corrected chi connectivity index (χ4v) is 2.73. The molecule has 1 amide bonds. The van der Waals surface area contributed by atoms with Crippen molar-refractivity contribution in [3.63, 3.8) is 0 Å². The van der Waals surface area contributed by atoms with Gasteiger partial charge in [0.05, 0.1) is 5.56 Å². The number of benzene rings is 3. The zero-order valence-electron chi connectivity index (χ0n) is 12.8. The van der Waals surface area contributed by atoms with Crippen molar-refractivity contribution in [3.05, 3.63) is 77.9 Å². The van der Waals surface area contributed by atoms with Crippen LogP contribution in [0.3, 0.4) is 0 Å². The Morgan fingerprint density at radius 2 is 1.65 bits per heavy atom. The first-order chi connectivity index (χ1) is 11.3. The molecule has 2 N–H and O–H groups in total. The summed E-state index contributed by atoms with van der Waals surface area (Å²) < 4.78 is 0. The van der Waals surface area contributed by atoms with Gasteiger partial charge in [-0.15, -0.1) is 0 Å². The maximum absolute atomic E-state index is 12.4. The van der Waals surface area contributed by atoms with Gasteiger partial charge >= 0.3 is 0 Å². The Morgan fingerprint density at radius 1 is 0.913 bits per heavy atom. The van der Waals surface area contributed by atoms with E-state index in [1.807, 2.05) is 48.5 Å². The fourth-order valence-electron chi connectivity index (χ4n) is 2.73. The van der Waals surface area contributed by atoms with Crippen molar-refractivity contribution < 1.29 is 9.90 Å². The van der Waals surface area contributed by atoms with E-state index in [-0.39, 0.29) is 11.7 Å². The van der Waals surface area contributed by atoms with Gasteiger partial charge in [0.2, 0.25) is 0 Å². The molecule has 0 aliphatic carbocycles. The third-order valence-corrected chi connectivity index (χ3v) is 3.90. The quantitative estimate of drug-likeness (QED) is 0.702. The molecule has 0 aromatic heterocycles. The second-order valence-electron chi connectivity index (χ2n) is 5.53. The summed E-state index contributed by atoms with van der Waals surface area (Å²) in [5, 5.41) is 14.7. The number of hydrogen-bond acceptors (Lipinski definition) is 2. The summed E-state index contributed by atoms with van der Waals surface area (Å²) >= 11 is 0. The van der Waals surface area contributed by atoms with E-state index in [9.17, 15) is 9.90 Å². The molecule has 23 heavy (non-hydrogen) atoms. The maximum Gasteiger partial charge on any atom is 0.255 e. The van der Waals surface area contributed by atoms with Crippen molar-refractivity contribution in [1.82, 2.24) is 5.32 Å². The van der Waals surface area contributed by atoms with E-state index in [1.54, 1.807) is 6.07 Å². The largest absolute Gasteiger partial charge is 0.507 e. The van der Waals surface area contributed by atoms with Gasteiger partial charge in [-0.2, -0.15) is 0 Å². The zero-order valence-corrected chi connectivity index (χ0v) is 12.8. The number of amides is 1. The molecule has 116 valence electrons. The van der Waals surface area contributed by atoms with Crippen molar-refractivity contribution in [1.29, 1.82) is 0 Å². The van der Waals surface area contributed by atoms with Gasteiger partial charge in [-0.05, 0) is 35.2 Å². The van der Waals surface area contributed by atoms with E-state index in [2.05, 4.69) is 17.4 Å². The standard InChI is InChI=1S/C20H19NO2/c22-18-13-12-16-10-4-5-11-17(16)19(18)20(23)21-14-6-9-15-7-2-1-3-8-15/h1-5,7-8,10-13,22H,6,9,14H2,(H,21,23). The van der Waals surface area contributed by atoms with E-state index < -0.39 is 0 Å². The van der Waals surface area contributed by atoms with Crippen molar-refractivity contribution in [2.75, 3.05) is 6.54 Å². The van der Waals surface area contributed by atoms with Crippen LogP contribution in [0, 0.1) is 0 Å². The number of aromatic hydroxyl groups is 1. The molecule has 0 saturated heterocycles. The van der Waals surface area contributed by atoms with Crippen molar-refractivity contribution in [2.45, 2.75) is 12.8 Å². The summed E-state index contributed by atoms with van der Waals surface area (Å²) in [5.74, 6) is -0.211. The Morgan fingerprint density at radius 3 is 2.48 bits per heavy atom. The second-order valence-corrected chi connectivity index (χ2v) is 5.53. The number of aryl methyl sites for hydroxylation is 1. The minimum absolute atomic E-state index is 0.0178. The average Bonchev–Trinajstić information content (AvgIpc) is 2.59. The summed E-state index contributed by atoms with van der Waals surface area (Å²) in [5.41, 5.74) is 1.61. The average molecular weight is 305 g/mol. The normalized spacial score (nSPS) is 10.6. The Kier molecular flexibility index (Phi) is 4.57. The number of phenolic OH excluding ortho intramolecular Hbond substituents is 1. The number of nitrogens with one attached hydrogen (secondary N) is 1. The van der Waals surface area contributed by atoms with Crippen molar-refractivity contribution in [2.24, 2.45) is 0 Å². The lowest BCUT2D eigenvalue weighted by Gasteiger charge is -2.10. The molecular formula is C20H19NO2. The second kappa shape index (κ2) is 6.97. The molecule has 0 bridgehead atoms. The zero-order chi connectivity index (χ0) is 16.1. The number of rotatable bonds is 5. The van der Waals surface area contributed by atoms with Crippen LogP contribution < -0.4 is 5.32 Å². The number of carbonyl (C=O) groups excluding carboxylic acids is 1. The third kappa shape index (κ3) is 3.51. The molecule has 3 nitrogen and oxygen atoms in total. The lowest BCUT2D eigenvalue weighted by molar-refractivity contribution is 0.0952. The summed E-state index contributed by atoms with van der Waals surface area (Å²) in [6, 6.07) is 21.2. The number of hydrogen-bond donors (Lipinski definition) is 2. The van der Waals surface area contributed by atoms with E-state index in [0.717, 1.165) is 23.6 Å². The molecule has 0 radical (unpaired) electrons. The fraction of sp³-hybridized carbons (Fsp3) is 0.150. The van der Waals surface area contributed by atoms with Crippen LogP contribution in [0.1, 0.15) is 22.3 Å². The van der Waals surface area contributed by atoms with Gasteiger partial charge in [-0.1, -0.05) is 60.7 Å². The van der Waals surface area contributed by atoms with E-state index in [4.69, 9.17) is 0 Å². The highest BCUT2D eigenvalue weighted by atomic mass is 16.3. The molecule has 0 atom stereocenters. The minimum atomic E-state index is -0.229. The highest BCUT2D eigenvalue weighted by Gasteiger charge is 2.14. The van der Waals surface area contributed by atoms with Gasteiger partial charge < -0.3 is 10.4 Å².